The molecule has 2 rings (SSSR count). The van der Waals surface area contributed by atoms with E-state index in [2.05, 4.69) is 4.98 Å². The quantitative estimate of drug-likeness (QED) is 0.887. The molecule has 0 saturated carbocycles. The van der Waals surface area contributed by atoms with Gasteiger partial charge in [-0.3, -0.25) is 0 Å². The van der Waals surface area contributed by atoms with Crippen LogP contribution in [-0.4, -0.2) is 17.2 Å². The highest BCUT2D eigenvalue weighted by Crippen LogP contribution is 2.37. The highest BCUT2D eigenvalue weighted by atomic mass is 35.5. The number of ether oxygens (including phenoxy) is 1. The number of aromatic nitrogens is 1. The first kappa shape index (κ1) is 12.8. The molecule has 0 aliphatic rings. The Hall–Kier alpha value is -1.65. The minimum Gasteiger partial charge on any atom is -0.507 e. The van der Waals surface area contributed by atoms with Crippen molar-refractivity contribution in [1.82, 2.24) is 4.98 Å². The second-order valence-electron chi connectivity index (χ2n) is 3.57. The zero-order valence-electron chi connectivity index (χ0n) is 9.45. The summed E-state index contributed by atoms with van der Waals surface area (Å²) in [5, 5.41) is 10.6. The molecule has 4 nitrogen and oxygen atoms in total. The van der Waals surface area contributed by atoms with Gasteiger partial charge in [-0.15, -0.1) is 0 Å². The van der Waals surface area contributed by atoms with Crippen molar-refractivity contribution in [2.24, 2.45) is 0 Å². The maximum absolute atomic E-state index is 9.83. The van der Waals surface area contributed by atoms with Crippen LogP contribution >= 0.6 is 23.2 Å². The van der Waals surface area contributed by atoms with Crippen LogP contribution in [0.25, 0.3) is 11.3 Å². The molecule has 3 N–H and O–H groups in total. The van der Waals surface area contributed by atoms with Crippen molar-refractivity contribution in [2.45, 2.75) is 0 Å². The number of halogens is 2. The molecule has 0 aliphatic carbocycles. The van der Waals surface area contributed by atoms with Gasteiger partial charge in [0.15, 0.2) is 11.6 Å². The summed E-state index contributed by atoms with van der Waals surface area (Å²) in [6, 6.07) is 6.22. The van der Waals surface area contributed by atoms with E-state index in [0.29, 0.717) is 27.1 Å². The number of hydrogen-bond acceptors (Lipinski definition) is 4. The Morgan fingerprint density at radius 2 is 2.00 bits per heavy atom. The first-order chi connectivity index (χ1) is 8.52. The minimum absolute atomic E-state index is 0.0125. The molecular weight excluding hydrogens is 275 g/mol. The number of phenolic OH excluding ortho intramolecular Hbond substituents is 1. The van der Waals surface area contributed by atoms with Crippen LogP contribution in [0.1, 0.15) is 0 Å². The molecule has 0 spiro atoms. The lowest BCUT2D eigenvalue weighted by atomic mass is 10.1. The van der Waals surface area contributed by atoms with Crippen molar-refractivity contribution in [1.29, 1.82) is 0 Å². The largest absolute Gasteiger partial charge is 0.507 e. The lowest BCUT2D eigenvalue weighted by Crippen LogP contribution is -1.98. The third kappa shape index (κ3) is 2.30. The fourth-order valence-corrected chi connectivity index (χ4v) is 1.95. The van der Waals surface area contributed by atoms with Crippen molar-refractivity contribution in [3.05, 3.63) is 34.3 Å². The number of hydrogen-bond donors (Lipinski definition) is 2. The topological polar surface area (TPSA) is 68.4 Å². The Kier molecular flexibility index (Phi) is 3.50. The average molecular weight is 285 g/mol. The summed E-state index contributed by atoms with van der Waals surface area (Å²) in [7, 11) is 1.48. The molecule has 0 amide bonds. The number of nitrogen functional groups attached to an aromatic ring is 1. The Labute approximate surface area is 114 Å². The molecule has 1 heterocycles. The van der Waals surface area contributed by atoms with E-state index in [1.165, 1.54) is 13.2 Å². The summed E-state index contributed by atoms with van der Waals surface area (Å²) in [6.07, 6.45) is 0. The summed E-state index contributed by atoms with van der Waals surface area (Å²) >= 11 is 11.8. The van der Waals surface area contributed by atoms with Gasteiger partial charge >= 0.3 is 0 Å². The molecule has 0 fully saturated rings. The van der Waals surface area contributed by atoms with Crippen LogP contribution in [0.4, 0.5) is 5.82 Å². The molecule has 1 aromatic carbocycles. The van der Waals surface area contributed by atoms with Crippen LogP contribution < -0.4 is 10.5 Å². The average Bonchev–Trinajstić information content (AvgIpc) is 2.32. The lowest BCUT2D eigenvalue weighted by Gasteiger charge is -2.10. The fourth-order valence-electron chi connectivity index (χ4n) is 1.54. The lowest BCUT2D eigenvalue weighted by molar-refractivity contribution is 0.415. The first-order valence-corrected chi connectivity index (χ1v) is 5.77. The second kappa shape index (κ2) is 4.92. The third-order valence-corrected chi connectivity index (χ3v) is 2.93. The number of aromatic hydroxyl groups is 1. The Bertz CT molecular complexity index is 603. The zero-order valence-corrected chi connectivity index (χ0v) is 11.0. The third-order valence-electron chi connectivity index (χ3n) is 2.40. The molecule has 0 unspecified atom stereocenters. The summed E-state index contributed by atoms with van der Waals surface area (Å²) in [5.41, 5.74) is 6.55. The van der Waals surface area contributed by atoms with Crippen LogP contribution in [0.3, 0.4) is 0 Å². The van der Waals surface area contributed by atoms with Gasteiger partial charge in [0, 0.05) is 16.7 Å². The summed E-state index contributed by atoms with van der Waals surface area (Å²) in [6.45, 7) is 0. The first-order valence-electron chi connectivity index (χ1n) is 5.02. The van der Waals surface area contributed by atoms with Crippen LogP contribution in [0.5, 0.6) is 11.5 Å². The normalized spacial score (nSPS) is 10.4. The number of pyridine rings is 1. The standard InChI is InChI=1S/C12H10Cl2N2O2/c1-18-10-5-8(14)11(16-12(10)15)7-3-2-6(13)4-9(7)17/h2-5,17H,1H3,(H2,15,16). The van der Waals surface area contributed by atoms with E-state index in [9.17, 15) is 5.11 Å². The number of nitrogens with two attached hydrogens (primary N) is 1. The van der Waals surface area contributed by atoms with E-state index in [1.54, 1.807) is 18.2 Å². The Morgan fingerprint density at radius 3 is 2.61 bits per heavy atom. The highest BCUT2D eigenvalue weighted by Gasteiger charge is 2.14. The van der Waals surface area contributed by atoms with Crippen LogP contribution in [-0.2, 0) is 0 Å². The Morgan fingerprint density at radius 1 is 1.28 bits per heavy atom. The Balaban J connectivity index is 2.60. The van der Waals surface area contributed by atoms with Crippen LogP contribution in [0, 0.1) is 0 Å². The summed E-state index contributed by atoms with van der Waals surface area (Å²) in [4.78, 5) is 4.12. The molecule has 0 atom stereocenters. The molecule has 0 radical (unpaired) electrons. The highest BCUT2D eigenvalue weighted by molar-refractivity contribution is 6.33. The van der Waals surface area contributed by atoms with Gasteiger partial charge in [0.1, 0.15) is 5.75 Å². The van der Waals surface area contributed by atoms with E-state index >= 15 is 0 Å². The predicted molar refractivity (Wildman–Crippen MR) is 72.3 cm³/mol. The van der Waals surface area contributed by atoms with Gasteiger partial charge in [-0.1, -0.05) is 23.2 Å². The van der Waals surface area contributed by atoms with E-state index in [4.69, 9.17) is 33.7 Å². The van der Waals surface area contributed by atoms with E-state index in [1.807, 2.05) is 0 Å². The van der Waals surface area contributed by atoms with Gasteiger partial charge in [-0.05, 0) is 18.2 Å². The molecular formula is C12H10Cl2N2O2. The van der Waals surface area contributed by atoms with Gasteiger partial charge in [-0.25, -0.2) is 4.98 Å². The number of rotatable bonds is 2. The van der Waals surface area contributed by atoms with E-state index in [-0.39, 0.29) is 11.6 Å². The van der Waals surface area contributed by atoms with Crippen molar-refractivity contribution >= 4 is 29.0 Å². The minimum atomic E-state index is -0.0125. The fraction of sp³-hybridized carbons (Fsp3) is 0.0833. The van der Waals surface area contributed by atoms with Crippen molar-refractivity contribution in [3.8, 4) is 22.8 Å². The molecule has 1 aromatic heterocycles. The number of nitrogens with zero attached hydrogens (tertiary/aromatic N) is 1. The molecule has 0 bridgehead atoms. The van der Waals surface area contributed by atoms with Gasteiger partial charge < -0.3 is 15.6 Å². The van der Waals surface area contributed by atoms with Crippen LogP contribution in [0.2, 0.25) is 10.0 Å². The van der Waals surface area contributed by atoms with E-state index in [0.717, 1.165) is 0 Å². The monoisotopic (exact) mass is 284 g/mol. The van der Waals surface area contributed by atoms with Gasteiger partial charge in [-0.2, -0.15) is 0 Å². The maximum Gasteiger partial charge on any atom is 0.166 e. The van der Waals surface area contributed by atoms with E-state index < -0.39 is 0 Å². The van der Waals surface area contributed by atoms with Crippen molar-refractivity contribution < 1.29 is 9.84 Å². The SMILES string of the molecule is COc1cc(Cl)c(-c2ccc(Cl)cc2O)nc1N. The van der Waals surface area contributed by atoms with Crippen LogP contribution in [0.15, 0.2) is 24.3 Å². The van der Waals surface area contributed by atoms with Crippen molar-refractivity contribution in [2.75, 3.05) is 12.8 Å². The summed E-state index contributed by atoms with van der Waals surface area (Å²) in [5.74, 6) is 0.574. The number of methoxy groups -OCH3 is 1. The van der Waals surface area contributed by atoms with Crippen molar-refractivity contribution in [3.63, 3.8) is 0 Å². The van der Waals surface area contributed by atoms with Gasteiger partial charge in [0.25, 0.3) is 0 Å². The maximum atomic E-state index is 9.83. The predicted octanol–water partition coefficient (Wildman–Crippen LogP) is 3.35. The molecule has 6 heteroatoms. The number of benzene rings is 1. The summed E-state index contributed by atoms with van der Waals surface area (Å²) < 4.78 is 5.01. The molecule has 2 aromatic rings. The zero-order chi connectivity index (χ0) is 13.3. The molecule has 0 aliphatic heterocycles. The second-order valence-corrected chi connectivity index (χ2v) is 4.41. The smallest absolute Gasteiger partial charge is 0.166 e. The van der Waals surface area contributed by atoms with Gasteiger partial charge in [0.2, 0.25) is 0 Å². The van der Waals surface area contributed by atoms with Gasteiger partial charge in [0.05, 0.1) is 17.8 Å². The molecule has 18 heavy (non-hydrogen) atoms. The molecule has 0 saturated heterocycles. The number of phenols is 1. The number of anilines is 1. The molecule has 94 valence electrons.